The second-order valence-corrected chi connectivity index (χ2v) is 4.82. The predicted octanol–water partition coefficient (Wildman–Crippen LogP) is 2.21. The third-order valence-electron chi connectivity index (χ3n) is 3.19. The predicted molar refractivity (Wildman–Crippen MR) is 75.5 cm³/mol. The molecule has 0 aliphatic heterocycles. The molecule has 2 N–H and O–H groups in total. The number of ether oxygens (including phenoxy) is 1. The van der Waals surface area contributed by atoms with Crippen LogP contribution in [0.3, 0.4) is 0 Å². The fraction of sp³-hybridized carbons (Fsp3) is 0.467. The molecule has 0 spiro atoms. The van der Waals surface area contributed by atoms with Crippen LogP contribution in [0.4, 0.5) is 4.39 Å². The van der Waals surface area contributed by atoms with Crippen LogP contribution in [0.2, 0.25) is 0 Å². The molecule has 2 atom stereocenters. The lowest BCUT2D eigenvalue weighted by molar-refractivity contribution is -0.143. The first-order chi connectivity index (χ1) is 9.93. The Morgan fingerprint density at radius 2 is 2.14 bits per heavy atom. The second kappa shape index (κ2) is 8.24. The summed E-state index contributed by atoms with van der Waals surface area (Å²) in [6.07, 6.45) is 0.660. The Morgan fingerprint density at radius 1 is 1.43 bits per heavy atom. The Balaban J connectivity index is 2.41. The molecule has 0 unspecified atom stereocenters. The highest BCUT2D eigenvalue weighted by Gasteiger charge is 2.24. The third kappa shape index (κ3) is 5.81. The van der Waals surface area contributed by atoms with Crippen molar-refractivity contribution in [2.24, 2.45) is 5.92 Å². The van der Waals surface area contributed by atoms with Gasteiger partial charge in [0.25, 0.3) is 0 Å². The van der Waals surface area contributed by atoms with Crippen molar-refractivity contribution in [2.45, 2.75) is 32.7 Å². The van der Waals surface area contributed by atoms with Crippen LogP contribution in [0.25, 0.3) is 0 Å². The SMILES string of the molecule is CC[C@H](C)[C@H](NC(=O)CCOc1cccc(F)c1)C(=O)O. The van der Waals surface area contributed by atoms with Crippen LogP contribution < -0.4 is 10.1 Å². The van der Waals surface area contributed by atoms with Gasteiger partial charge in [-0.05, 0) is 18.1 Å². The van der Waals surface area contributed by atoms with Gasteiger partial charge in [-0.15, -0.1) is 0 Å². The van der Waals surface area contributed by atoms with Gasteiger partial charge < -0.3 is 15.2 Å². The van der Waals surface area contributed by atoms with E-state index in [1.165, 1.54) is 18.2 Å². The van der Waals surface area contributed by atoms with Gasteiger partial charge in [-0.25, -0.2) is 9.18 Å². The van der Waals surface area contributed by atoms with Crippen molar-refractivity contribution in [1.82, 2.24) is 5.32 Å². The average Bonchev–Trinajstić information content (AvgIpc) is 2.43. The number of hydrogen-bond acceptors (Lipinski definition) is 3. The molecule has 1 rings (SSSR count). The average molecular weight is 297 g/mol. The van der Waals surface area contributed by atoms with Crippen LogP contribution in [0.5, 0.6) is 5.75 Å². The van der Waals surface area contributed by atoms with E-state index in [-0.39, 0.29) is 18.9 Å². The van der Waals surface area contributed by atoms with Gasteiger partial charge in [-0.1, -0.05) is 26.3 Å². The number of carboxylic acid groups (broad SMARTS) is 1. The Morgan fingerprint density at radius 3 is 2.71 bits per heavy atom. The highest BCUT2D eigenvalue weighted by Crippen LogP contribution is 2.12. The Hall–Kier alpha value is -2.11. The van der Waals surface area contributed by atoms with Gasteiger partial charge in [-0.2, -0.15) is 0 Å². The molecule has 0 aliphatic rings. The van der Waals surface area contributed by atoms with Crippen molar-refractivity contribution < 1.29 is 23.8 Å². The molecule has 1 aromatic carbocycles. The Kier molecular flexibility index (Phi) is 6.65. The van der Waals surface area contributed by atoms with Gasteiger partial charge in [0.15, 0.2) is 0 Å². The molecule has 0 saturated carbocycles. The van der Waals surface area contributed by atoms with Gasteiger partial charge in [-0.3, -0.25) is 4.79 Å². The summed E-state index contributed by atoms with van der Waals surface area (Å²) in [6.45, 7) is 3.68. The molecule has 0 saturated heterocycles. The highest BCUT2D eigenvalue weighted by molar-refractivity contribution is 5.83. The van der Waals surface area contributed by atoms with E-state index in [0.717, 1.165) is 0 Å². The summed E-state index contributed by atoms with van der Waals surface area (Å²) in [4.78, 5) is 22.8. The van der Waals surface area contributed by atoms with Crippen LogP contribution in [0.1, 0.15) is 26.7 Å². The lowest BCUT2D eigenvalue weighted by Crippen LogP contribution is -2.45. The topological polar surface area (TPSA) is 75.6 Å². The normalized spacial score (nSPS) is 13.3. The van der Waals surface area contributed by atoms with Gasteiger partial charge in [0.05, 0.1) is 13.0 Å². The van der Waals surface area contributed by atoms with Crippen molar-refractivity contribution >= 4 is 11.9 Å². The number of aliphatic carboxylic acids is 1. The summed E-state index contributed by atoms with van der Waals surface area (Å²) in [6, 6.07) is 4.70. The maximum Gasteiger partial charge on any atom is 0.326 e. The van der Waals surface area contributed by atoms with E-state index in [1.54, 1.807) is 13.0 Å². The summed E-state index contributed by atoms with van der Waals surface area (Å²) in [5, 5.41) is 11.5. The Labute approximate surface area is 123 Å². The quantitative estimate of drug-likeness (QED) is 0.771. The van der Waals surface area contributed by atoms with Gasteiger partial charge in [0.2, 0.25) is 5.91 Å². The first-order valence-corrected chi connectivity index (χ1v) is 6.84. The summed E-state index contributed by atoms with van der Waals surface area (Å²) < 4.78 is 18.2. The van der Waals surface area contributed by atoms with E-state index in [0.29, 0.717) is 12.2 Å². The molecule has 0 radical (unpaired) electrons. The van der Waals surface area contributed by atoms with Crippen LogP contribution in [0, 0.1) is 11.7 Å². The number of amides is 1. The number of rotatable bonds is 8. The standard InChI is InChI=1S/C15H20FNO4/c1-3-10(2)14(15(19)20)17-13(18)7-8-21-12-6-4-5-11(16)9-12/h4-6,9-10,14H,3,7-8H2,1-2H3,(H,17,18)(H,19,20)/t10-,14-/m0/s1. The van der Waals surface area contributed by atoms with E-state index in [4.69, 9.17) is 9.84 Å². The second-order valence-electron chi connectivity index (χ2n) is 4.82. The van der Waals surface area contributed by atoms with Crippen molar-refractivity contribution in [2.75, 3.05) is 6.61 Å². The summed E-state index contributed by atoms with van der Waals surface area (Å²) >= 11 is 0. The van der Waals surface area contributed by atoms with E-state index >= 15 is 0 Å². The molecular formula is C15H20FNO4. The molecule has 0 fully saturated rings. The van der Waals surface area contributed by atoms with E-state index < -0.39 is 23.7 Å². The molecule has 0 aliphatic carbocycles. The van der Waals surface area contributed by atoms with E-state index in [2.05, 4.69) is 5.32 Å². The largest absolute Gasteiger partial charge is 0.493 e. The number of hydrogen-bond donors (Lipinski definition) is 2. The number of halogens is 1. The summed E-state index contributed by atoms with van der Waals surface area (Å²) in [5.74, 6) is -1.70. The highest BCUT2D eigenvalue weighted by atomic mass is 19.1. The van der Waals surface area contributed by atoms with Crippen molar-refractivity contribution in [3.8, 4) is 5.75 Å². The zero-order valence-corrected chi connectivity index (χ0v) is 12.1. The minimum atomic E-state index is -1.05. The molecule has 21 heavy (non-hydrogen) atoms. The van der Waals surface area contributed by atoms with Gasteiger partial charge in [0, 0.05) is 6.07 Å². The zero-order valence-electron chi connectivity index (χ0n) is 12.1. The van der Waals surface area contributed by atoms with Crippen LogP contribution >= 0.6 is 0 Å². The van der Waals surface area contributed by atoms with E-state index in [1.807, 2.05) is 6.92 Å². The number of carboxylic acids is 1. The fourth-order valence-corrected chi connectivity index (χ4v) is 1.75. The fourth-order valence-electron chi connectivity index (χ4n) is 1.75. The molecule has 116 valence electrons. The van der Waals surface area contributed by atoms with Gasteiger partial charge >= 0.3 is 5.97 Å². The lowest BCUT2D eigenvalue weighted by atomic mass is 9.99. The first-order valence-electron chi connectivity index (χ1n) is 6.84. The maximum absolute atomic E-state index is 12.9. The number of carbonyl (C=O) groups excluding carboxylic acids is 1. The van der Waals surface area contributed by atoms with Crippen molar-refractivity contribution in [3.63, 3.8) is 0 Å². The molecule has 5 nitrogen and oxygen atoms in total. The summed E-state index contributed by atoms with van der Waals surface area (Å²) in [5.41, 5.74) is 0. The molecule has 0 bridgehead atoms. The number of carbonyl (C=O) groups is 2. The zero-order chi connectivity index (χ0) is 15.8. The van der Waals surface area contributed by atoms with Crippen LogP contribution in [0.15, 0.2) is 24.3 Å². The van der Waals surface area contributed by atoms with Crippen LogP contribution in [-0.2, 0) is 9.59 Å². The van der Waals surface area contributed by atoms with E-state index in [9.17, 15) is 14.0 Å². The molecule has 0 aromatic heterocycles. The molecule has 6 heteroatoms. The number of nitrogens with one attached hydrogen (secondary N) is 1. The minimum absolute atomic E-state index is 0.0106. The molecule has 0 heterocycles. The first kappa shape index (κ1) is 16.9. The summed E-state index contributed by atoms with van der Waals surface area (Å²) in [7, 11) is 0. The smallest absolute Gasteiger partial charge is 0.326 e. The van der Waals surface area contributed by atoms with Gasteiger partial charge in [0.1, 0.15) is 17.6 Å². The monoisotopic (exact) mass is 297 g/mol. The number of benzene rings is 1. The molecule has 1 aromatic rings. The van der Waals surface area contributed by atoms with Crippen molar-refractivity contribution in [1.29, 1.82) is 0 Å². The lowest BCUT2D eigenvalue weighted by Gasteiger charge is -2.20. The third-order valence-corrected chi connectivity index (χ3v) is 3.19. The molecular weight excluding hydrogens is 277 g/mol. The molecule has 1 amide bonds. The van der Waals surface area contributed by atoms with Crippen LogP contribution in [-0.4, -0.2) is 29.6 Å². The Bertz CT molecular complexity index is 492. The van der Waals surface area contributed by atoms with Crippen molar-refractivity contribution in [3.05, 3.63) is 30.1 Å². The maximum atomic E-state index is 12.9. The minimum Gasteiger partial charge on any atom is -0.493 e.